The van der Waals surface area contributed by atoms with Crippen molar-refractivity contribution in [1.82, 2.24) is 4.90 Å². The van der Waals surface area contributed by atoms with E-state index in [1.54, 1.807) is 7.11 Å². The first-order valence-corrected chi connectivity index (χ1v) is 6.66. The molecule has 1 aromatic rings. The minimum Gasteiger partial charge on any atom is -0.495 e. The van der Waals surface area contributed by atoms with Crippen molar-refractivity contribution in [1.29, 1.82) is 0 Å². The number of methoxy groups -OCH3 is 1. The molecule has 3 nitrogen and oxygen atoms in total. The molecule has 18 heavy (non-hydrogen) atoms. The first-order chi connectivity index (χ1) is 8.58. The van der Waals surface area contributed by atoms with Crippen LogP contribution in [0.4, 0.5) is 5.69 Å². The predicted octanol–water partition coefficient (Wildman–Crippen LogP) is 2.97. The molecule has 0 aliphatic heterocycles. The fourth-order valence-corrected chi connectivity index (χ4v) is 2.57. The van der Waals surface area contributed by atoms with Gasteiger partial charge in [-0.1, -0.05) is 13.0 Å². The minimum absolute atomic E-state index is 0.614. The maximum atomic E-state index is 5.43. The molecule has 0 atom stereocenters. The average Bonchev–Trinajstić information content (AvgIpc) is 2.26. The molecule has 1 fully saturated rings. The summed E-state index contributed by atoms with van der Waals surface area (Å²) in [7, 11) is 5.91. The topological polar surface area (TPSA) is 24.5 Å². The Morgan fingerprint density at radius 3 is 2.61 bits per heavy atom. The lowest BCUT2D eigenvalue weighted by molar-refractivity contribution is 0.308. The van der Waals surface area contributed by atoms with Crippen LogP contribution in [0.5, 0.6) is 5.75 Å². The lowest BCUT2D eigenvalue weighted by atomic mass is 9.82. The summed E-state index contributed by atoms with van der Waals surface area (Å²) in [6.07, 6.45) is 2.53. The van der Waals surface area contributed by atoms with Crippen molar-refractivity contribution in [2.75, 3.05) is 26.5 Å². The summed E-state index contributed by atoms with van der Waals surface area (Å²) in [6.45, 7) is 3.26. The van der Waals surface area contributed by atoms with Crippen LogP contribution in [0.3, 0.4) is 0 Å². The number of ether oxygens (including phenoxy) is 1. The van der Waals surface area contributed by atoms with Gasteiger partial charge in [0.1, 0.15) is 5.75 Å². The molecular weight excluding hydrogens is 224 g/mol. The van der Waals surface area contributed by atoms with E-state index < -0.39 is 0 Å². The molecule has 100 valence electrons. The highest BCUT2D eigenvalue weighted by Gasteiger charge is 2.25. The van der Waals surface area contributed by atoms with E-state index in [2.05, 4.69) is 49.4 Å². The Labute approximate surface area is 110 Å². The molecule has 1 saturated carbocycles. The molecule has 2 rings (SSSR count). The van der Waals surface area contributed by atoms with Gasteiger partial charge in [0.15, 0.2) is 0 Å². The van der Waals surface area contributed by atoms with E-state index in [4.69, 9.17) is 4.74 Å². The van der Waals surface area contributed by atoms with Crippen molar-refractivity contribution in [2.45, 2.75) is 32.4 Å². The van der Waals surface area contributed by atoms with Gasteiger partial charge in [0, 0.05) is 12.6 Å². The van der Waals surface area contributed by atoms with E-state index in [0.717, 1.165) is 23.9 Å². The van der Waals surface area contributed by atoms with Crippen LogP contribution < -0.4 is 10.1 Å². The molecule has 0 amide bonds. The van der Waals surface area contributed by atoms with Crippen LogP contribution in [0.2, 0.25) is 0 Å². The zero-order valence-corrected chi connectivity index (χ0v) is 11.9. The van der Waals surface area contributed by atoms with Crippen LogP contribution in [0.15, 0.2) is 18.2 Å². The number of nitrogens with one attached hydrogen (secondary N) is 1. The minimum atomic E-state index is 0.614. The van der Waals surface area contributed by atoms with E-state index in [0.29, 0.717) is 6.04 Å². The summed E-state index contributed by atoms with van der Waals surface area (Å²) < 4.78 is 5.43. The maximum absolute atomic E-state index is 5.43. The molecule has 0 spiro atoms. The van der Waals surface area contributed by atoms with Gasteiger partial charge in [-0.3, -0.25) is 0 Å². The molecule has 1 aromatic carbocycles. The summed E-state index contributed by atoms with van der Waals surface area (Å²) in [5.74, 6) is 1.80. The zero-order valence-electron chi connectivity index (χ0n) is 11.9. The Morgan fingerprint density at radius 1 is 1.33 bits per heavy atom. The molecular formula is C15H24N2O. The molecule has 3 heteroatoms. The van der Waals surface area contributed by atoms with E-state index in [1.807, 2.05) is 0 Å². The molecule has 1 aliphatic rings. The summed E-state index contributed by atoms with van der Waals surface area (Å²) in [6, 6.07) is 7.02. The largest absolute Gasteiger partial charge is 0.495 e. The van der Waals surface area contributed by atoms with E-state index in [9.17, 15) is 0 Å². The molecule has 1 aliphatic carbocycles. The average molecular weight is 248 g/mol. The van der Waals surface area contributed by atoms with Crippen molar-refractivity contribution < 1.29 is 4.74 Å². The smallest absolute Gasteiger partial charge is 0.141 e. The fourth-order valence-electron chi connectivity index (χ4n) is 2.57. The fraction of sp³-hybridized carbons (Fsp3) is 0.600. The lowest BCUT2D eigenvalue weighted by Gasteiger charge is -2.34. The SMILES string of the molecule is COc1ccc(CN(C)C)cc1NC1CC(C)C1. The predicted molar refractivity (Wildman–Crippen MR) is 76.2 cm³/mol. The highest BCUT2D eigenvalue weighted by molar-refractivity contribution is 5.59. The van der Waals surface area contributed by atoms with Crippen LogP contribution in [0, 0.1) is 5.92 Å². The van der Waals surface area contributed by atoms with Gasteiger partial charge in [0.25, 0.3) is 0 Å². The summed E-state index contributed by atoms with van der Waals surface area (Å²) in [5, 5.41) is 3.60. The molecule has 0 unspecified atom stereocenters. The lowest BCUT2D eigenvalue weighted by Crippen LogP contribution is -2.33. The van der Waals surface area contributed by atoms with E-state index in [-0.39, 0.29) is 0 Å². The number of rotatable bonds is 5. The van der Waals surface area contributed by atoms with Crippen LogP contribution in [-0.4, -0.2) is 32.1 Å². The van der Waals surface area contributed by atoms with Crippen LogP contribution in [0.25, 0.3) is 0 Å². The summed E-state index contributed by atoms with van der Waals surface area (Å²) in [5.41, 5.74) is 2.45. The summed E-state index contributed by atoms with van der Waals surface area (Å²) >= 11 is 0. The monoisotopic (exact) mass is 248 g/mol. The Balaban J connectivity index is 2.09. The number of hydrogen-bond acceptors (Lipinski definition) is 3. The molecule has 0 saturated heterocycles. The molecule has 0 heterocycles. The molecule has 1 N–H and O–H groups in total. The van der Waals surface area contributed by atoms with Gasteiger partial charge >= 0.3 is 0 Å². The third-order valence-corrected chi connectivity index (χ3v) is 3.50. The highest BCUT2D eigenvalue weighted by Crippen LogP contribution is 2.33. The van der Waals surface area contributed by atoms with E-state index >= 15 is 0 Å². The zero-order chi connectivity index (χ0) is 13.1. The summed E-state index contributed by atoms with van der Waals surface area (Å²) in [4.78, 5) is 2.18. The van der Waals surface area contributed by atoms with Crippen LogP contribution >= 0.6 is 0 Å². The Kier molecular flexibility index (Phi) is 4.12. The van der Waals surface area contributed by atoms with Crippen molar-refractivity contribution in [3.8, 4) is 5.75 Å². The Bertz CT molecular complexity index is 397. The maximum Gasteiger partial charge on any atom is 0.141 e. The highest BCUT2D eigenvalue weighted by atomic mass is 16.5. The van der Waals surface area contributed by atoms with Crippen molar-refractivity contribution in [3.05, 3.63) is 23.8 Å². The van der Waals surface area contributed by atoms with Crippen molar-refractivity contribution in [3.63, 3.8) is 0 Å². The second-order valence-corrected chi connectivity index (χ2v) is 5.69. The third-order valence-electron chi connectivity index (χ3n) is 3.50. The van der Waals surface area contributed by atoms with Gasteiger partial charge in [-0.25, -0.2) is 0 Å². The van der Waals surface area contributed by atoms with Gasteiger partial charge in [-0.05, 0) is 50.6 Å². The quantitative estimate of drug-likeness (QED) is 0.867. The first-order valence-electron chi connectivity index (χ1n) is 6.66. The Morgan fingerprint density at radius 2 is 2.06 bits per heavy atom. The normalized spacial score (nSPS) is 22.7. The molecule has 0 aromatic heterocycles. The van der Waals surface area contributed by atoms with Crippen LogP contribution in [0.1, 0.15) is 25.3 Å². The van der Waals surface area contributed by atoms with Crippen LogP contribution in [-0.2, 0) is 6.54 Å². The van der Waals surface area contributed by atoms with Gasteiger partial charge in [-0.2, -0.15) is 0 Å². The number of nitrogens with zero attached hydrogens (tertiary/aromatic N) is 1. The number of anilines is 1. The third kappa shape index (κ3) is 3.16. The van der Waals surface area contributed by atoms with Gasteiger partial charge in [0.05, 0.1) is 12.8 Å². The second-order valence-electron chi connectivity index (χ2n) is 5.69. The molecule has 0 radical (unpaired) electrons. The number of hydrogen-bond donors (Lipinski definition) is 1. The van der Waals surface area contributed by atoms with Gasteiger partial charge < -0.3 is 15.0 Å². The van der Waals surface area contributed by atoms with E-state index in [1.165, 1.54) is 18.4 Å². The second kappa shape index (κ2) is 5.61. The van der Waals surface area contributed by atoms with Gasteiger partial charge in [0.2, 0.25) is 0 Å². The standard InChI is InChI=1S/C15H24N2O/c1-11-7-13(8-11)16-14-9-12(10-17(2)3)5-6-15(14)18-4/h5-6,9,11,13,16H,7-8,10H2,1-4H3. The van der Waals surface area contributed by atoms with Crippen molar-refractivity contribution in [2.24, 2.45) is 5.92 Å². The first kappa shape index (κ1) is 13.2. The number of benzene rings is 1. The Hall–Kier alpha value is -1.22. The molecule has 0 bridgehead atoms. The van der Waals surface area contributed by atoms with Gasteiger partial charge in [-0.15, -0.1) is 0 Å². The van der Waals surface area contributed by atoms with Crippen molar-refractivity contribution >= 4 is 5.69 Å².